The van der Waals surface area contributed by atoms with E-state index in [0.29, 0.717) is 22.2 Å². The number of fused-ring (bicyclic) bond motifs is 3. The van der Waals surface area contributed by atoms with E-state index in [-0.39, 0.29) is 23.3 Å². The fraction of sp³-hybridized carbons (Fsp3) is 0.364. The highest BCUT2D eigenvalue weighted by Gasteiger charge is 2.18. The monoisotopic (exact) mass is 455 g/mol. The lowest BCUT2D eigenvalue weighted by molar-refractivity contribution is -0.119. The average molecular weight is 456 g/mol. The number of rotatable bonds is 9. The summed E-state index contributed by atoms with van der Waals surface area (Å²) >= 11 is 2.76. The summed E-state index contributed by atoms with van der Waals surface area (Å²) in [7, 11) is 0. The largest absolute Gasteiger partial charge is 0.353 e. The minimum Gasteiger partial charge on any atom is -0.353 e. The highest BCUT2D eigenvalue weighted by Crippen LogP contribution is 2.24. The molecular formula is C22H25N5O2S2. The Labute approximate surface area is 188 Å². The molecule has 0 bridgehead atoms. The van der Waals surface area contributed by atoms with Gasteiger partial charge in [-0.2, -0.15) is 0 Å². The number of thiophene rings is 1. The van der Waals surface area contributed by atoms with Crippen LogP contribution in [0.15, 0.2) is 51.7 Å². The summed E-state index contributed by atoms with van der Waals surface area (Å²) in [6.45, 7) is 4.63. The van der Waals surface area contributed by atoms with Gasteiger partial charge < -0.3 is 5.32 Å². The van der Waals surface area contributed by atoms with Crippen LogP contribution in [0.3, 0.4) is 0 Å². The standard InChI is InChI=1S/C22H25N5O2S2/c1-3-12-26-20(29)19-17(11-13-30-19)27-21(26)24-25-22(27)31-14-18(28)23-15(2)9-10-16-7-5-4-6-8-16/h4-8,11,13,15H,3,9-10,12,14H2,1-2H3,(H,23,28)/t15-/m0/s1. The number of benzene rings is 1. The van der Waals surface area contributed by atoms with Crippen LogP contribution in [0.25, 0.3) is 16.0 Å². The van der Waals surface area contributed by atoms with Gasteiger partial charge in [0.25, 0.3) is 5.56 Å². The molecule has 31 heavy (non-hydrogen) atoms. The van der Waals surface area contributed by atoms with E-state index in [1.807, 2.05) is 47.9 Å². The van der Waals surface area contributed by atoms with E-state index in [0.717, 1.165) is 24.8 Å². The minimum absolute atomic E-state index is 0.0340. The lowest BCUT2D eigenvalue weighted by Crippen LogP contribution is -2.34. The SMILES string of the molecule is CCCn1c(=O)c2sccc2n2c(SCC(=O)N[C@@H](C)CCc3ccccc3)nnc12. The van der Waals surface area contributed by atoms with Gasteiger partial charge >= 0.3 is 0 Å². The van der Waals surface area contributed by atoms with Crippen molar-refractivity contribution in [3.05, 3.63) is 57.7 Å². The van der Waals surface area contributed by atoms with Crippen LogP contribution in [0.4, 0.5) is 0 Å². The predicted octanol–water partition coefficient (Wildman–Crippen LogP) is 3.75. The summed E-state index contributed by atoms with van der Waals surface area (Å²) in [6, 6.07) is 12.3. The van der Waals surface area contributed by atoms with Gasteiger partial charge in [0.1, 0.15) is 4.70 Å². The Balaban J connectivity index is 1.44. The predicted molar refractivity (Wildman–Crippen MR) is 126 cm³/mol. The maximum Gasteiger partial charge on any atom is 0.272 e. The van der Waals surface area contributed by atoms with E-state index < -0.39 is 0 Å². The highest BCUT2D eigenvalue weighted by atomic mass is 32.2. The highest BCUT2D eigenvalue weighted by molar-refractivity contribution is 7.99. The maximum atomic E-state index is 12.8. The van der Waals surface area contributed by atoms with E-state index in [4.69, 9.17) is 0 Å². The summed E-state index contributed by atoms with van der Waals surface area (Å²) in [5.41, 5.74) is 2.03. The van der Waals surface area contributed by atoms with E-state index in [2.05, 4.69) is 27.6 Å². The van der Waals surface area contributed by atoms with E-state index in [1.165, 1.54) is 28.7 Å². The number of thioether (sulfide) groups is 1. The van der Waals surface area contributed by atoms with Crippen LogP contribution in [-0.2, 0) is 17.8 Å². The number of aryl methyl sites for hydroxylation is 2. The number of amides is 1. The Bertz CT molecular complexity index is 1250. The molecule has 1 N–H and O–H groups in total. The van der Waals surface area contributed by atoms with Gasteiger partial charge in [0.2, 0.25) is 11.7 Å². The van der Waals surface area contributed by atoms with E-state index >= 15 is 0 Å². The van der Waals surface area contributed by atoms with Gasteiger partial charge in [-0.15, -0.1) is 21.5 Å². The molecule has 0 saturated carbocycles. The van der Waals surface area contributed by atoms with Crippen molar-refractivity contribution < 1.29 is 4.79 Å². The molecule has 0 fully saturated rings. The first kappa shape index (κ1) is 21.6. The van der Waals surface area contributed by atoms with E-state index in [9.17, 15) is 9.59 Å². The molecule has 162 valence electrons. The molecule has 7 nitrogen and oxygen atoms in total. The first-order valence-electron chi connectivity index (χ1n) is 10.4. The van der Waals surface area contributed by atoms with Crippen LogP contribution in [-0.4, -0.2) is 36.9 Å². The lowest BCUT2D eigenvalue weighted by atomic mass is 10.1. The molecule has 0 unspecified atom stereocenters. The maximum absolute atomic E-state index is 12.8. The Kier molecular flexibility index (Phi) is 6.72. The molecule has 0 spiro atoms. The molecule has 1 aromatic carbocycles. The molecule has 0 aliphatic carbocycles. The van der Waals surface area contributed by atoms with Crippen molar-refractivity contribution in [2.75, 3.05) is 5.75 Å². The molecule has 0 radical (unpaired) electrons. The zero-order valence-electron chi connectivity index (χ0n) is 17.6. The smallest absolute Gasteiger partial charge is 0.272 e. The van der Waals surface area contributed by atoms with Crippen LogP contribution >= 0.6 is 23.1 Å². The van der Waals surface area contributed by atoms with Crippen molar-refractivity contribution in [2.45, 2.75) is 50.9 Å². The topological polar surface area (TPSA) is 81.3 Å². The zero-order chi connectivity index (χ0) is 21.8. The van der Waals surface area contributed by atoms with Crippen LogP contribution in [0.2, 0.25) is 0 Å². The van der Waals surface area contributed by atoms with Gasteiger partial charge in [-0.25, -0.2) is 0 Å². The van der Waals surface area contributed by atoms with Crippen LogP contribution < -0.4 is 10.9 Å². The number of nitrogens with zero attached hydrogens (tertiary/aromatic N) is 4. The molecule has 3 heterocycles. The Hall–Kier alpha value is -2.65. The second-order valence-corrected chi connectivity index (χ2v) is 9.35. The fourth-order valence-corrected chi connectivity index (χ4v) is 5.14. The minimum atomic E-state index is -0.0363. The number of carbonyl (C=O) groups is 1. The number of carbonyl (C=O) groups excluding carboxylic acids is 1. The second-order valence-electron chi connectivity index (χ2n) is 7.49. The van der Waals surface area contributed by atoms with Gasteiger partial charge in [0.15, 0.2) is 5.16 Å². The average Bonchev–Trinajstić information content (AvgIpc) is 3.41. The molecule has 1 amide bonds. The third kappa shape index (κ3) is 4.67. The van der Waals surface area contributed by atoms with Crippen molar-refractivity contribution in [2.24, 2.45) is 0 Å². The van der Waals surface area contributed by atoms with Gasteiger partial charge in [-0.3, -0.25) is 18.6 Å². The molecule has 0 saturated heterocycles. The first-order chi connectivity index (χ1) is 15.1. The normalized spacial score (nSPS) is 12.5. The Morgan fingerprint density at radius 1 is 1.23 bits per heavy atom. The molecule has 4 rings (SSSR count). The Morgan fingerprint density at radius 2 is 2.03 bits per heavy atom. The lowest BCUT2D eigenvalue weighted by Gasteiger charge is -2.13. The summed E-state index contributed by atoms with van der Waals surface area (Å²) in [4.78, 5) is 25.3. The van der Waals surface area contributed by atoms with Gasteiger partial charge in [-0.05, 0) is 43.2 Å². The molecular weight excluding hydrogens is 430 g/mol. The molecule has 0 aliphatic rings. The van der Waals surface area contributed by atoms with Crippen molar-refractivity contribution in [1.29, 1.82) is 0 Å². The summed E-state index contributed by atoms with van der Waals surface area (Å²) in [5.74, 6) is 0.734. The molecule has 4 aromatic rings. The summed E-state index contributed by atoms with van der Waals surface area (Å²) < 4.78 is 4.24. The zero-order valence-corrected chi connectivity index (χ0v) is 19.2. The third-order valence-corrected chi connectivity index (χ3v) is 6.90. The Morgan fingerprint density at radius 3 is 2.81 bits per heavy atom. The number of aromatic nitrogens is 4. The molecule has 3 aromatic heterocycles. The number of hydrogen-bond donors (Lipinski definition) is 1. The number of hydrogen-bond acceptors (Lipinski definition) is 6. The van der Waals surface area contributed by atoms with Crippen molar-refractivity contribution in [3.8, 4) is 0 Å². The van der Waals surface area contributed by atoms with Crippen LogP contribution in [0.1, 0.15) is 32.3 Å². The van der Waals surface area contributed by atoms with Gasteiger partial charge in [-0.1, -0.05) is 49.0 Å². The quantitative estimate of drug-likeness (QED) is 0.389. The molecule has 9 heteroatoms. The van der Waals surface area contributed by atoms with E-state index in [1.54, 1.807) is 4.57 Å². The fourth-order valence-electron chi connectivity index (χ4n) is 3.57. The molecule has 0 aliphatic heterocycles. The van der Waals surface area contributed by atoms with Gasteiger partial charge in [0.05, 0.1) is 11.3 Å². The van der Waals surface area contributed by atoms with Crippen molar-refractivity contribution in [1.82, 2.24) is 24.5 Å². The second kappa shape index (κ2) is 9.65. The van der Waals surface area contributed by atoms with Crippen LogP contribution in [0, 0.1) is 0 Å². The molecule has 1 atom stereocenters. The van der Waals surface area contributed by atoms with Crippen molar-refractivity contribution >= 4 is 45.0 Å². The van der Waals surface area contributed by atoms with Crippen molar-refractivity contribution in [3.63, 3.8) is 0 Å². The third-order valence-electron chi connectivity index (χ3n) is 5.08. The number of nitrogens with one attached hydrogen (secondary N) is 1. The van der Waals surface area contributed by atoms with Gasteiger partial charge in [0, 0.05) is 12.6 Å². The summed E-state index contributed by atoms with van der Waals surface area (Å²) in [6.07, 6.45) is 2.63. The first-order valence-corrected chi connectivity index (χ1v) is 12.3. The van der Waals surface area contributed by atoms with Crippen LogP contribution in [0.5, 0.6) is 0 Å². The summed E-state index contributed by atoms with van der Waals surface area (Å²) in [5, 5.41) is 14.1.